The van der Waals surface area contributed by atoms with Gasteiger partial charge >= 0.3 is 0 Å². The smallest absolute Gasteiger partial charge is 0.248 e. The van der Waals surface area contributed by atoms with Crippen molar-refractivity contribution in [3.05, 3.63) is 83.0 Å². The number of carbonyl (C=O) groups is 1. The minimum atomic E-state index is -0.211. The van der Waals surface area contributed by atoms with Crippen LogP contribution in [0.15, 0.2) is 71.3 Å². The fraction of sp³-hybridized carbons (Fsp3) is 0.0455. The number of anilines is 1. The molecule has 138 valence electrons. The third-order valence-corrected chi connectivity index (χ3v) is 4.45. The molecular weight excluding hydrogens is 374 g/mol. The number of hydrogen-bond donors (Lipinski definition) is 1. The van der Waals surface area contributed by atoms with E-state index < -0.39 is 0 Å². The number of nitrogens with one attached hydrogen (secondary N) is 1. The summed E-state index contributed by atoms with van der Waals surface area (Å²) in [5.74, 6) is 0.286. The number of halogens is 1. The van der Waals surface area contributed by atoms with Crippen molar-refractivity contribution in [1.29, 1.82) is 0 Å². The van der Waals surface area contributed by atoms with Crippen molar-refractivity contribution in [1.82, 2.24) is 9.97 Å². The fourth-order valence-corrected chi connectivity index (χ4v) is 2.88. The van der Waals surface area contributed by atoms with Crippen molar-refractivity contribution in [2.45, 2.75) is 6.92 Å². The topological polar surface area (TPSA) is 68.0 Å². The van der Waals surface area contributed by atoms with Gasteiger partial charge in [0.05, 0.1) is 0 Å². The lowest BCUT2D eigenvalue weighted by Crippen LogP contribution is -2.08. The van der Waals surface area contributed by atoms with Crippen molar-refractivity contribution in [3.8, 4) is 11.5 Å². The number of rotatable bonds is 4. The highest BCUT2D eigenvalue weighted by molar-refractivity contribution is 6.30. The average molecular weight is 390 g/mol. The van der Waals surface area contributed by atoms with Gasteiger partial charge in [-0.25, -0.2) is 4.98 Å². The molecule has 0 fully saturated rings. The van der Waals surface area contributed by atoms with Crippen LogP contribution in [0.4, 0.5) is 5.69 Å². The number of aryl methyl sites for hydroxylation is 1. The molecule has 0 saturated heterocycles. The van der Waals surface area contributed by atoms with Crippen molar-refractivity contribution in [2.75, 3.05) is 5.32 Å². The maximum Gasteiger partial charge on any atom is 0.248 e. The van der Waals surface area contributed by atoms with E-state index in [0.29, 0.717) is 22.1 Å². The number of hydrogen-bond acceptors (Lipinski definition) is 4. The highest BCUT2D eigenvalue weighted by atomic mass is 35.5. The Labute approximate surface area is 166 Å². The molecule has 4 aromatic rings. The van der Waals surface area contributed by atoms with Crippen LogP contribution in [0.3, 0.4) is 0 Å². The summed E-state index contributed by atoms with van der Waals surface area (Å²) in [6, 6.07) is 16.5. The molecule has 0 aliphatic heterocycles. The van der Waals surface area contributed by atoms with Crippen LogP contribution in [0.25, 0.3) is 28.8 Å². The molecule has 2 aromatic heterocycles. The average Bonchev–Trinajstić information content (AvgIpc) is 3.13. The van der Waals surface area contributed by atoms with Gasteiger partial charge in [0.15, 0.2) is 11.2 Å². The molecular formula is C22H16ClN3O2. The highest BCUT2D eigenvalue weighted by Crippen LogP contribution is 2.26. The molecule has 5 nitrogen and oxygen atoms in total. The predicted octanol–water partition coefficient (Wildman–Crippen LogP) is 5.50. The Morgan fingerprint density at radius 3 is 2.71 bits per heavy atom. The van der Waals surface area contributed by atoms with Gasteiger partial charge < -0.3 is 9.73 Å². The molecule has 0 atom stereocenters. The number of aromatic nitrogens is 2. The second kappa shape index (κ2) is 7.66. The Morgan fingerprint density at radius 1 is 1.14 bits per heavy atom. The van der Waals surface area contributed by atoms with E-state index in [9.17, 15) is 4.79 Å². The van der Waals surface area contributed by atoms with Gasteiger partial charge in [0.1, 0.15) is 0 Å². The van der Waals surface area contributed by atoms with E-state index in [-0.39, 0.29) is 5.91 Å². The van der Waals surface area contributed by atoms with E-state index in [1.807, 2.05) is 43.3 Å². The molecule has 1 N–H and O–H groups in total. The second-order valence-corrected chi connectivity index (χ2v) is 6.68. The summed E-state index contributed by atoms with van der Waals surface area (Å²) >= 11 is 5.86. The van der Waals surface area contributed by atoms with Gasteiger partial charge in [-0.3, -0.25) is 4.79 Å². The summed E-state index contributed by atoms with van der Waals surface area (Å²) in [6.07, 6.45) is 4.90. The Kier molecular flexibility index (Phi) is 4.91. The van der Waals surface area contributed by atoms with Crippen molar-refractivity contribution >= 4 is 40.5 Å². The number of fused-ring (bicyclic) bond motifs is 1. The number of carbonyl (C=O) groups excluding carboxylic acids is 1. The molecule has 4 rings (SSSR count). The van der Waals surface area contributed by atoms with Gasteiger partial charge in [-0.05, 0) is 66.6 Å². The van der Waals surface area contributed by atoms with E-state index in [1.54, 1.807) is 30.5 Å². The van der Waals surface area contributed by atoms with E-state index in [0.717, 1.165) is 22.4 Å². The summed E-state index contributed by atoms with van der Waals surface area (Å²) in [7, 11) is 0. The van der Waals surface area contributed by atoms with E-state index in [2.05, 4.69) is 15.3 Å². The normalized spacial score (nSPS) is 11.2. The van der Waals surface area contributed by atoms with E-state index in [4.69, 9.17) is 16.0 Å². The van der Waals surface area contributed by atoms with Crippen LogP contribution in [-0.2, 0) is 4.79 Å². The van der Waals surface area contributed by atoms with Crippen LogP contribution in [-0.4, -0.2) is 15.9 Å². The molecule has 0 saturated carbocycles. The second-order valence-electron chi connectivity index (χ2n) is 6.25. The fourth-order valence-electron chi connectivity index (χ4n) is 2.75. The Hall–Kier alpha value is -3.44. The maximum atomic E-state index is 12.2. The van der Waals surface area contributed by atoms with Crippen LogP contribution >= 0.6 is 11.6 Å². The van der Waals surface area contributed by atoms with Gasteiger partial charge in [0.2, 0.25) is 11.8 Å². The first-order chi connectivity index (χ1) is 13.6. The lowest BCUT2D eigenvalue weighted by molar-refractivity contribution is -0.111. The van der Waals surface area contributed by atoms with Gasteiger partial charge in [0.25, 0.3) is 0 Å². The molecule has 0 aliphatic rings. The Morgan fingerprint density at radius 2 is 1.96 bits per heavy atom. The van der Waals surface area contributed by atoms with Crippen LogP contribution < -0.4 is 5.32 Å². The number of amides is 1. The monoisotopic (exact) mass is 389 g/mol. The summed E-state index contributed by atoms with van der Waals surface area (Å²) in [5, 5.41) is 3.54. The predicted molar refractivity (Wildman–Crippen MR) is 111 cm³/mol. The third kappa shape index (κ3) is 3.94. The molecule has 0 unspecified atom stereocenters. The summed E-state index contributed by atoms with van der Waals surface area (Å²) in [5.41, 5.74) is 4.56. The summed E-state index contributed by atoms with van der Waals surface area (Å²) < 4.78 is 5.74. The van der Waals surface area contributed by atoms with Gasteiger partial charge in [-0.15, -0.1) is 0 Å². The van der Waals surface area contributed by atoms with E-state index >= 15 is 0 Å². The molecule has 0 bridgehead atoms. The Bertz CT molecular complexity index is 1150. The molecule has 0 aliphatic carbocycles. The molecule has 1 amide bonds. The molecule has 0 radical (unpaired) electrons. The van der Waals surface area contributed by atoms with Gasteiger partial charge in [0, 0.05) is 28.5 Å². The zero-order valence-electron chi connectivity index (χ0n) is 15.0. The van der Waals surface area contributed by atoms with Crippen molar-refractivity contribution in [2.24, 2.45) is 0 Å². The number of nitrogens with zero attached hydrogens (tertiary/aromatic N) is 2. The minimum Gasteiger partial charge on any atom is -0.434 e. The van der Waals surface area contributed by atoms with Crippen molar-refractivity contribution < 1.29 is 9.21 Å². The first-order valence-corrected chi connectivity index (χ1v) is 9.03. The zero-order valence-corrected chi connectivity index (χ0v) is 15.8. The van der Waals surface area contributed by atoms with Gasteiger partial charge in [-0.1, -0.05) is 23.7 Å². The van der Waals surface area contributed by atoms with Crippen LogP contribution in [0.5, 0.6) is 0 Å². The third-order valence-electron chi connectivity index (χ3n) is 4.19. The van der Waals surface area contributed by atoms with Crippen molar-refractivity contribution in [3.63, 3.8) is 0 Å². The van der Waals surface area contributed by atoms with Crippen LogP contribution in [0.1, 0.15) is 11.1 Å². The molecule has 0 spiro atoms. The first kappa shape index (κ1) is 17.9. The number of oxazole rings is 1. The van der Waals surface area contributed by atoms with Crippen LogP contribution in [0, 0.1) is 6.92 Å². The lowest BCUT2D eigenvalue weighted by atomic mass is 10.1. The number of pyridine rings is 1. The van der Waals surface area contributed by atoms with Crippen LogP contribution in [0.2, 0.25) is 5.02 Å². The highest BCUT2D eigenvalue weighted by Gasteiger charge is 2.10. The summed E-state index contributed by atoms with van der Waals surface area (Å²) in [6.45, 7) is 1.92. The molecule has 2 aromatic carbocycles. The quantitative estimate of drug-likeness (QED) is 0.468. The number of benzene rings is 2. The largest absolute Gasteiger partial charge is 0.434 e. The molecule has 28 heavy (non-hydrogen) atoms. The SMILES string of the molecule is Cc1cc(-c2nc3ncccc3o2)ccc1NC(=O)/C=C/c1ccc(Cl)cc1. The molecule has 2 heterocycles. The zero-order chi connectivity index (χ0) is 19.5. The molecule has 6 heteroatoms. The first-order valence-electron chi connectivity index (χ1n) is 8.66. The van der Waals surface area contributed by atoms with Gasteiger partial charge in [-0.2, -0.15) is 4.98 Å². The minimum absolute atomic E-state index is 0.211. The van der Waals surface area contributed by atoms with E-state index in [1.165, 1.54) is 6.08 Å². The Balaban J connectivity index is 1.49. The maximum absolute atomic E-state index is 12.2. The lowest BCUT2D eigenvalue weighted by Gasteiger charge is -2.07. The standard InChI is InChI=1S/C22H16ClN3O2/c1-14-13-16(22-26-21-19(28-22)3-2-12-24-21)7-10-18(14)25-20(27)11-6-15-4-8-17(23)9-5-15/h2-13H,1H3,(H,25,27)/b11-6+. The summed E-state index contributed by atoms with van der Waals surface area (Å²) in [4.78, 5) is 20.8.